The molecule has 0 aliphatic carbocycles. The van der Waals surface area contributed by atoms with Crippen LogP contribution in [0.3, 0.4) is 0 Å². The van der Waals surface area contributed by atoms with Gasteiger partial charge in [-0.2, -0.15) is 11.8 Å². The van der Waals surface area contributed by atoms with E-state index in [2.05, 4.69) is 21.2 Å². The Bertz CT molecular complexity index is 817. The molecule has 0 radical (unpaired) electrons. The number of rotatable bonds is 8. The predicted molar refractivity (Wildman–Crippen MR) is 107 cm³/mol. The number of carbonyl (C=O) groups excluding carboxylic acids is 3. The molecule has 3 N–H and O–H groups in total. The van der Waals surface area contributed by atoms with Gasteiger partial charge in [0.25, 0.3) is 17.7 Å². The van der Waals surface area contributed by atoms with Gasteiger partial charge in [0.15, 0.2) is 0 Å². The Morgan fingerprint density at radius 3 is 2.46 bits per heavy atom. The van der Waals surface area contributed by atoms with Crippen LogP contribution in [-0.4, -0.2) is 47.9 Å². The summed E-state index contributed by atoms with van der Waals surface area (Å²) in [7, 11) is 1.47. The van der Waals surface area contributed by atoms with Crippen LogP contribution < -0.4 is 20.9 Å². The number of amides is 3. The number of hydrogen-bond donors (Lipinski definition) is 3. The van der Waals surface area contributed by atoms with Gasteiger partial charge in [-0.25, -0.2) is 0 Å². The number of benzene rings is 1. The van der Waals surface area contributed by atoms with Gasteiger partial charge in [0.2, 0.25) is 0 Å². The highest BCUT2D eigenvalue weighted by atomic mass is 32.2. The van der Waals surface area contributed by atoms with E-state index in [4.69, 9.17) is 4.74 Å². The molecule has 0 aliphatic rings. The molecule has 3 amide bonds. The number of carbonyl (C=O) groups is 3. The summed E-state index contributed by atoms with van der Waals surface area (Å²) in [5.41, 5.74) is 5.39. The number of aromatic nitrogens is 1. The second kappa shape index (κ2) is 10.9. The summed E-state index contributed by atoms with van der Waals surface area (Å²) >= 11 is 1.55. The largest absolute Gasteiger partial charge is 0.496 e. The minimum atomic E-state index is -0.817. The number of methoxy groups -OCH3 is 1. The smallest absolute Gasteiger partial charge is 0.269 e. The van der Waals surface area contributed by atoms with Crippen molar-refractivity contribution < 1.29 is 19.1 Å². The van der Waals surface area contributed by atoms with E-state index in [1.54, 1.807) is 36.0 Å². The number of pyridine rings is 1. The molecular weight excluding hydrogens is 380 g/mol. The highest BCUT2D eigenvalue weighted by Gasteiger charge is 2.23. The highest BCUT2D eigenvalue weighted by molar-refractivity contribution is 7.98. The molecule has 0 fully saturated rings. The van der Waals surface area contributed by atoms with Crippen LogP contribution in [0.1, 0.15) is 27.1 Å². The normalized spacial score (nSPS) is 11.2. The van der Waals surface area contributed by atoms with Crippen LogP contribution in [-0.2, 0) is 4.79 Å². The minimum absolute atomic E-state index is 0.327. The van der Waals surface area contributed by atoms with Crippen LogP contribution in [0.25, 0.3) is 0 Å². The molecule has 148 valence electrons. The van der Waals surface area contributed by atoms with Gasteiger partial charge in [-0.3, -0.25) is 30.2 Å². The Balaban J connectivity index is 2.02. The first-order valence-corrected chi connectivity index (χ1v) is 9.89. The van der Waals surface area contributed by atoms with Gasteiger partial charge in [-0.1, -0.05) is 12.1 Å². The molecule has 28 heavy (non-hydrogen) atoms. The molecule has 1 aromatic carbocycles. The van der Waals surface area contributed by atoms with Crippen molar-refractivity contribution in [2.45, 2.75) is 12.5 Å². The quantitative estimate of drug-likeness (QED) is 0.576. The van der Waals surface area contributed by atoms with Crippen molar-refractivity contribution in [2.75, 3.05) is 19.1 Å². The first-order chi connectivity index (χ1) is 13.6. The van der Waals surface area contributed by atoms with Gasteiger partial charge in [0, 0.05) is 18.0 Å². The standard InChI is InChI=1S/C19H22N4O4S/c1-27-16-6-4-3-5-14(16)18(25)21-15(9-12-28-2)19(26)23-22-17(24)13-7-10-20-11-8-13/h3-8,10-11,15H,9,12H2,1-2H3,(H,21,25)(H,22,24)(H,23,26)/t15-/m1/s1. The zero-order valence-electron chi connectivity index (χ0n) is 15.6. The molecule has 0 spiro atoms. The fourth-order valence-corrected chi connectivity index (χ4v) is 2.83. The molecule has 1 heterocycles. The average molecular weight is 402 g/mol. The molecular formula is C19H22N4O4S. The molecule has 8 nitrogen and oxygen atoms in total. The number of nitrogens with one attached hydrogen (secondary N) is 3. The maximum absolute atomic E-state index is 12.6. The zero-order chi connectivity index (χ0) is 20.4. The molecule has 0 saturated heterocycles. The SMILES string of the molecule is COc1ccccc1C(=O)N[C@H](CCSC)C(=O)NNC(=O)c1ccncc1. The Kier molecular flexibility index (Phi) is 8.29. The monoisotopic (exact) mass is 402 g/mol. The van der Waals surface area contributed by atoms with Crippen LogP contribution >= 0.6 is 11.8 Å². The van der Waals surface area contributed by atoms with Crippen molar-refractivity contribution in [1.29, 1.82) is 0 Å². The summed E-state index contributed by atoms with van der Waals surface area (Å²) in [5, 5.41) is 2.70. The molecule has 9 heteroatoms. The summed E-state index contributed by atoms with van der Waals surface area (Å²) in [6.07, 6.45) is 5.26. The Labute approximate surface area is 167 Å². The average Bonchev–Trinajstić information content (AvgIpc) is 2.75. The zero-order valence-corrected chi connectivity index (χ0v) is 16.4. The van der Waals surface area contributed by atoms with Gasteiger partial charge in [0.05, 0.1) is 12.7 Å². The van der Waals surface area contributed by atoms with Gasteiger partial charge in [0.1, 0.15) is 11.8 Å². The molecule has 1 atom stereocenters. The first-order valence-electron chi connectivity index (χ1n) is 8.50. The highest BCUT2D eigenvalue weighted by Crippen LogP contribution is 2.17. The van der Waals surface area contributed by atoms with E-state index in [-0.39, 0.29) is 0 Å². The van der Waals surface area contributed by atoms with Gasteiger partial charge in [-0.15, -0.1) is 0 Å². The fraction of sp³-hybridized carbons (Fsp3) is 0.263. The number of ether oxygens (including phenoxy) is 1. The molecule has 1 aromatic heterocycles. The summed E-state index contributed by atoms with van der Waals surface area (Å²) in [5.74, 6) is -0.355. The third-order valence-corrected chi connectivity index (χ3v) is 4.47. The molecule has 0 bridgehead atoms. The Morgan fingerprint density at radius 1 is 1.07 bits per heavy atom. The maximum Gasteiger partial charge on any atom is 0.269 e. The topological polar surface area (TPSA) is 109 Å². The van der Waals surface area contributed by atoms with Crippen molar-refractivity contribution in [3.05, 3.63) is 59.9 Å². The number of hydrogen-bond acceptors (Lipinski definition) is 6. The van der Waals surface area contributed by atoms with E-state index in [0.717, 1.165) is 0 Å². The second-order valence-corrected chi connectivity index (χ2v) is 6.67. The van der Waals surface area contributed by atoms with Crippen LogP contribution in [0.15, 0.2) is 48.8 Å². The van der Waals surface area contributed by atoms with E-state index in [9.17, 15) is 14.4 Å². The van der Waals surface area contributed by atoms with E-state index in [1.807, 2.05) is 6.26 Å². The molecule has 0 unspecified atom stereocenters. The van der Waals surface area contributed by atoms with Crippen LogP contribution in [0.5, 0.6) is 5.75 Å². The predicted octanol–water partition coefficient (Wildman–Crippen LogP) is 1.40. The summed E-state index contributed by atoms with van der Waals surface area (Å²) < 4.78 is 5.19. The third-order valence-electron chi connectivity index (χ3n) is 3.83. The van der Waals surface area contributed by atoms with E-state index in [0.29, 0.717) is 29.1 Å². The summed E-state index contributed by atoms with van der Waals surface area (Å²) in [6.45, 7) is 0. The van der Waals surface area contributed by atoms with Crippen LogP contribution in [0, 0.1) is 0 Å². The Morgan fingerprint density at radius 2 is 1.79 bits per heavy atom. The first kappa shape index (κ1) is 21.2. The second-order valence-electron chi connectivity index (χ2n) is 5.69. The number of nitrogens with zero attached hydrogens (tertiary/aromatic N) is 1. The van der Waals surface area contributed by atoms with Crippen molar-refractivity contribution in [2.24, 2.45) is 0 Å². The maximum atomic E-state index is 12.6. The van der Waals surface area contributed by atoms with Crippen LogP contribution in [0.2, 0.25) is 0 Å². The van der Waals surface area contributed by atoms with Crippen molar-refractivity contribution in [3.8, 4) is 5.75 Å². The lowest BCUT2D eigenvalue weighted by molar-refractivity contribution is -0.123. The van der Waals surface area contributed by atoms with Crippen molar-refractivity contribution in [3.63, 3.8) is 0 Å². The molecule has 0 aliphatic heterocycles. The van der Waals surface area contributed by atoms with Gasteiger partial charge >= 0.3 is 0 Å². The van der Waals surface area contributed by atoms with Gasteiger partial charge < -0.3 is 10.1 Å². The number of thioether (sulfide) groups is 1. The van der Waals surface area contributed by atoms with E-state index < -0.39 is 23.8 Å². The van der Waals surface area contributed by atoms with Crippen LogP contribution in [0.4, 0.5) is 0 Å². The van der Waals surface area contributed by atoms with E-state index >= 15 is 0 Å². The number of hydrazine groups is 1. The lowest BCUT2D eigenvalue weighted by Crippen LogP contribution is -2.52. The molecule has 2 aromatic rings. The fourth-order valence-electron chi connectivity index (χ4n) is 2.35. The minimum Gasteiger partial charge on any atom is -0.496 e. The van der Waals surface area contributed by atoms with Crippen molar-refractivity contribution >= 4 is 29.5 Å². The van der Waals surface area contributed by atoms with E-state index in [1.165, 1.54) is 31.6 Å². The number of para-hydroxylation sites is 1. The molecule has 2 rings (SSSR count). The lowest BCUT2D eigenvalue weighted by Gasteiger charge is -2.19. The lowest BCUT2D eigenvalue weighted by atomic mass is 10.1. The molecule has 0 saturated carbocycles. The third kappa shape index (κ3) is 5.98. The summed E-state index contributed by atoms with van der Waals surface area (Å²) in [4.78, 5) is 41.0. The summed E-state index contributed by atoms with van der Waals surface area (Å²) in [6, 6.07) is 8.98. The van der Waals surface area contributed by atoms with Gasteiger partial charge in [-0.05, 0) is 42.7 Å². The van der Waals surface area contributed by atoms with Crippen molar-refractivity contribution in [1.82, 2.24) is 21.2 Å². The Hall–Kier alpha value is -3.07.